The van der Waals surface area contributed by atoms with Crippen molar-refractivity contribution in [3.8, 4) is 5.75 Å². The van der Waals surface area contributed by atoms with E-state index >= 15 is 0 Å². The first-order valence-corrected chi connectivity index (χ1v) is 7.46. The largest absolute Gasteiger partial charge is 0.493 e. The monoisotopic (exact) mass is 324 g/mol. The Balaban J connectivity index is 1.62. The van der Waals surface area contributed by atoms with Crippen LogP contribution < -0.4 is 15.4 Å². The summed E-state index contributed by atoms with van der Waals surface area (Å²) in [6.45, 7) is 1.06. The second-order valence-electron chi connectivity index (χ2n) is 5.09. The first kappa shape index (κ1) is 12.9. The van der Waals surface area contributed by atoms with Crippen molar-refractivity contribution in [1.82, 2.24) is 10.6 Å². The Morgan fingerprint density at radius 2 is 2.21 bits per heavy atom. The van der Waals surface area contributed by atoms with Crippen LogP contribution >= 0.6 is 15.9 Å². The van der Waals surface area contributed by atoms with Crippen LogP contribution in [0, 0.1) is 0 Å². The summed E-state index contributed by atoms with van der Waals surface area (Å²) in [7, 11) is 0. The number of halogens is 1. The Hall–Kier alpha value is -1.07. The zero-order valence-corrected chi connectivity index (χ0v) is 12.2. The van der Waals surface area contributed by atoms with E-state index in [0.29, 0.717) is 19.2 Å². The smallest absolute Gasteiger partial charge is 0.234 e. The maximum atomic E-state index is 11.7. The van der Waals surface area contributed by atoms with E-state index in [1.165, 1.54) is 0 Å². The van der Waals surface area contributed by atoms with Gasteiger partial charge in [-0.15, -0.1) is 0 Å². The number of fused-ring (bicyclic) bond motifs is 1. The van der Waals surface area contributed by atoms with Crippen molar-refractivity contribution in [2.24, 2.45) is 0 Å². The van der Waals surface area contributed by atoms with Crippen LogP contribution in [0.5, 0.6) is 5.75 Å². The first-order chi connectivity index (χ1) is 9.22. The summed E-state index contributed by atoms with van der Waals surface area (Å²) >= 11 is 3.48. The quantitative estimate of drug-likeness (QED) is 0.892. The van der Waals surface area contributed by atoms with Gasteiger partial charge in [-0.3, -0.25) is 4.79 Å². The molecule has 1 aromatic carbocycles. The molecule has 0 spiro atoms. The van der Waals surface area contributed by atoms with Gasteiger partial charge in [0.15, 0.2) is 0 Å². The number of nitrogens with one attached hydrogen (secondary N) is 2. The van der Waals surface area contributed by atoms with Crippen LogP contribution in [0.3, 0.4) is 0 Å². The minimum absolute atomic E-state index is 0.0885. The number of carbonyl (C=O) groups excluding carboxylic acids is 1. The predicted molar refractivity (Wildman–Crippen MR) is 76.2 cm³/mol. The molecule has 1 heterocycles. The summed E-state index contributed by atoms with van der Waals surface area (Å²) in [5, 5.41) is 6.31. The molecule has 4 nitrogen and oxygen atoms in total. The van der Waals surface area contributed by atoms with Crippen molar-refractivity contribution in [3.05, 3.63) is 28.2 Å². The summed E-state index contributed by atoms with van der Waals surface area (Å²) in [5.41, 5.74) is 1.12. The van der Waals surface area contributed by atoms with Crippen LogP contribution in [-0.2, 0) is 4.79 Å². The highest BCUT2D eigenvalue weighted by Crippen LogP contribution is 2.33. The van der Waals surface area contributed by atoms with Crippen LogP contribution in [-0.4, -0.2) is 25.1 Å². The van der Waals surface area contributed by atoms with E-state index in [0.717, 1.165) is 35.0 Å². The number of amides is 1. The topological polar surface area (TPSA) is 50.4 Å². The van der Waals surface area contributed by atoms with Crippen molar-refractivity contribution in [3.63, 3.8) is 0 Å². The van der Waals surface area contributed by atoms with Gasteiger partial charge in [-0.1, -0.05) is 15.9 Å². The Morgan fingerprint density at radius 3 is 3.00 bits per heavy atom. The van der Waals surface area contributed by atoms with E-state index in [-0.39, 0.29) is 11.9 Å². The highest BCUT2D eigenvalue weighted by Gasteiger charge is 2.25. The maximum Gasteiger partial charge on any atom is 0.234 e. The summed E-state index contributed by atoms with van der Waals surface area (Å²) in [4.78, 5) is 11.7. The van der Waals surface area contributed by atoms with E-state index in [4.69, 9.17) is 4.74 Å². The molecule has 2 N–H and O–H groups in total. The zero-order chi connectivity index (χ0) is 13.2. The molecular formula is C14H17BrN2O2. The molecule has 1 amide bonds. The van der Waals surface area contributed by atoms with Gasteiger partial charge in [0.1, 0.15) is 5.75 Å². The number of ether oxygens (including phenoxy) is 1. The van der Waals surface area contributed by atoms with Crippen molar-refractivity contribution >= 4 is 21.8 Å². The van der Waals surface area contributed by atoms with Crippen molar-refractivity contribution in [2.75, 3.05) is 13.2 Å². The summed E-state index contributed by atoms with van der Waals surface area (Å²) in [6.07, 6.45) is 3.14. The van der Waals surface area contributed by atoms with Gasteiger partial charge >= 0.3 is 0 Å². The van der Waals surface area contributed by atoms with Crippen LogP contribution in [0.4, 0.5) is 0 Å². The molecule has 0 radical (unpaired) electrons. The van der Waals surface area contributed by atoms with Gasteiger partial charge in [0.2, 0.25) is 5.91 Å². The number of hydrogen-bond donors (Lipinski definition) is 2. The highest BCUT2D eigenvalue weighted by atomic mass is 79.9. The molecule has 19 heavy (non-hydrogen) atoms. The molecule has 0 saturated heterocycles. The molecule has 1 saturated carbocycles. The lowest BCUT2D eigenvalue weighted by Crippen LogP contribution is -2.38. The molecule has 5 heteroatoms. The first-order valence-electron chi connectivity index (χ1n) is 6.67. The molecule has 1 aromatic rings. The lowest BCUT2D eigenvalue weighted by Gasteiger charge is -2.26. The van der Waals surface area contributed by atoms with Crippen molar-refractivity contribution in [1.29, 1.82) is 0 Å². The Labute approximate surface area is 121 Å². The fourth-order valence-electron chi connectivity index (χ4n) is 2.30. The molecule has 1 aliphatic carbocycles. The van der Waals surface area contributed by atoms with E-state index < -0.39 is 0 Å². The third-order valence-electron chi connectivity index (χ3n) is 3.46. The van der Waals surface area contributed by atoms with E-state index in [1.807, 2.05) is 12.1 Å². The Morgan fingerprint density at radius 1 is 1.37 bits per heavy atom. The molecule has 1 aliphatic heterocycles. The number of rotatable bonds is 4. The third kappa shape index (κ3) is 3.28. The molecule has 2 aliphatic rings. The Kier molecular flexibility index (Phi) is 3.75. The molecule has 1 fully saturated rings. The van der Waals surface area contributed by atoms with E-state index in [1.54, 1.807) is 0 Å². The molecule has 1 atom stereocenters. The molecule has 102 valence electrons. The van der Waals surface area contributed by atoms with Crippen LogP contribution in [0.2, 0.25) is 0 Å². The zero-order valence-electron chi connectivity index (χ0n) is 10.6. The lowest BCUT2D eigenvalue weighted by molar-refractivity contribution is -0.120. The number of carbonyl (C=O) groups is 1. The number of benzene rings is 1. The fraction of sp³-hybridized carbons (Fsp3) is 0.500. The third-order valence-corrected chi connectivity index (χ3v) is 3.96. The summed E-state index contributed by atoms with van der Waals surface area (Å²) in [6, 6.07) is 6.61. The minimum Gasteiger partial charge on any atom is -0.493 e. The standard InChI is InChI=1S/C14H17BrN2O2/c15-9-1-4-13-11(7-9)12(5-6-19-13)16-8-14(18)17-10-2-3-10/h1,4,7,10,12,16H,2-3,5-6,8H2,(H,17,18). The second kappa shape index (κ2) is 5.51. The predicted octanol–water partition coefficient (Wildman–Crippen LogP) is 2.14. The normalized spacial score (nSPS) is 21.4. The summed E-state index contributed by atoms with van der Waals surface area (Å²) in [5.74, 6) is 1.00. The second-order valence-corrected chi connectivity index (χ2v) is 6.01. The Bertz CT molecular complexity index is 488. The van der Waals surface area contributed by atoms with Gasteiger partial charge in [-0.05, 0) is 31.0 Å². The van der Waals surface area contributed by atoms with E-state index in [2.05, 4.69) is 32.6 Å². The minimum atomic E-state index is 0.0885. The molecule has 3 rings (SSSR count). The highest BCUT2D eigenvalue weighted by molar-refractivity contribution is 9.10. The van der Waals surface area contributed by atoms with Crippen molar-refractivity contribution in [2.45, 2.75) is 31.3 Å². The maximum absolute atomic E-state index is 11.7. The van der Waals surface area contributed by atoms with Gasteiger partial charge in [-0.25, -0.2) is 0 Å². The SMILES string of the molecule is O=C(CNC1CCOc2ccc(Br)cc21)NC1CC1. The van der Waals surface area contributed by atoms with Crippen LogP contribution in [0.1, 0.15) is 30.9 Å². The average molecular weight is 325 g/mol. The van der Waals surface area contributed by atoms with Crippen LogP contribution in [0.25, 0.3) is 0 Å². The van der Waals surface area contributed by atoms with Gasteiger partial charge in [0.25, 0.3) is 0 Å². The molecule has 0 aromatic heterocycles. The van der Waals surface area contributed by atoms with Gasteiger partial charge < -0.3 is 15.4 Å². The number of hydrogen-bond acceptors (Lipinski definition) is 3. The summed E-state index contributed by atoms with van der Waals surface area (Å²) < 4.78 is 6.66. The van der Waals surface area contributed by atoms with Crippen LogP contribution in [0.15, 0.2) is 22.7 Å². The molecule has 1 unspecified atom stereocenters. The van der Waals surface area contributed by atoms with Gasteiger partial charge in [0, 0.05) is 28.5 Å². The molecular weight excluding hydrogens is 308 g/mol. The lowest BCUT2D eigenvalue weighted by atomic mass is 10.0. The van der Waals surface area contributed by atoms with Crippen molar-refractivity contribution < 1.29 is 9.53 Å². The van der Waals surface area contributed by atoms with Gasteiger partial charge in [-0.2, -0.15) is 0 Å². The van der Waals surface area contributed by atoms with E-state index in [9.17, 15) is 4.79 Å². The van der Waals surface area contributed by atoms with Gasteiger partial charge in [0.05, 0.1) is 13.2 Å². The molecule has 0 bridgehead atoms. The average Bonchev–Trinajstić information content (AvgIpc) is 3.20. The fourth-order valence-corrected chi connectivity index (χ4v) is 2.68.